The second-order valence-electron chi connectivity index (χ2n) is 3.71. The number of carboxylic acid groups (broad SMARTS) is 1. The number of aryl methyl sites for hydroxylation is 1. The first-order chi connectivity index (χ1) is 7.50. The van der Waals surface area contributed by atoms with Crippen LogP contribution in [0, 0.1) is 6.92 Å². The van der Waals surface area contributed by atoms with Crippen molar-refractivity contribution in [3.8, 4) is 0 Å². The molecule has 0 aliphatic carbocycles. The zero-order chi connectivity index (χ0) is 12.1. The van der Waals surface area contributed by atoms with Gasteiger partial charge in [0.1, 0.15) is 0 Å². The second-order valence-corrected chi connectivity index (χ2v) is 3.71. The number of carbonyl (C=O) groups is 1. The molecule has 0 bridgehead atoms. The van der Waals surface area contributed by atoms with E-state index in [0.717, 1.165) is 17.5 Å². The molecule has 0 saturated heterocycles. The first-order valence-corrected chi connectivity index (χ1v) is 4.94. The SMILES string of the molecule is Cc1ccc(N/C=C/C(=O)O)cc1N(C)C. The minimum atomic E-state index is -0.965. The van der Waals surface area contributed by atoms with Crippen LogP contribution in [0.2, 0.25) is 0 Å². The monoisotopic (exact) mass is 220 g/mol. The summed E-state index contributed by atoms with van der Waals surface area (Å²) in [5.41, 5.74) is 3.15. The molecule has 0 amide bonds. The zero-order valence-corrected chi connectivity index (χ0v) is 9.69. The molecular formula is C12H16N2O2. The van der Waals surface area contributed by atoms with Crippen LogP contribution >= 0.6 is 0 Å². The highest BCUT2D eigenvalue weighted by molar-refractivity contribution is 5.80. The molecule has 4 heteroatoms. The van der Waals surface area contributed by atoms with Gasteiger partial charge in [-0.2, -0.15) is 0 Å². The van der Waals surface area contributed by atoms with Crippen molar-refractivity contribution in [2.45, 2.75) is 6.92 Å². The number of rotatable bonds is 4. The molecule has 0 unspecified atom stereocenters. The first kappa shape index (κ1) is 12.1. The summed E-state index contributed by atoms with van der Waals surface area (Å²) in [6.45, 7) is 2.03. The lowest BCUT2D eigenvalue weighted by Crippen LogP contribution is -2.10. The summed E-state index contributed by atoms with van der Waals surface area (Å²) in [6.07, 6.45) is 2.47. The molecule has 16 heavy (non-hydrogen) atoms. The van der Waals surface area contributed by atoms with Crippen LogP contribution in [0.1, 0.15) is 5.56 Å². The molecule has 0 aliphatic rings. The number of nitrogens with zero attached hydrogens (tertiary/aromatic N) is 1. The van der Waals surface area contributed by atoms with Gasteiger partial charge in [-0.1, -0.05) is 6.07 Å². The highest BCUT2D eigenvalue weighted by Crippen LogP contribution is 2.22. The lowest BCUT2D eigenvalue weighted by Gasteiger charge is -2.16. The number of hydrogen-bond donors (Lipinski definition) is 2. The fourth-order valence-corrected chi connectivity index (χ4v) is 1.39. The van der Waals surface area contributed by atoms with E-state index in [0.29, 0.717) is 0 Å². The quantitative estimate of drug-likeness (QED) is 0.763. The van der Waals surface area contributed by atoms with Crippen LogP contribution in [-0.2, 0) is 4.79 Å². The summed E-state index contributed by atoms with van der Waals surface area (Å²) < 4.78 is 0. The molecule has 0 fully saturated rings. The van der Waals surface area contributed by atoms with E-state index in [9.17, 15) is 4.79 Å². The standard InChI is InChI=1S/C12H16N2O2/c1-9-4-5-10(8-11(9)14(2)3)13-7-6-12(15)16/h4-8,13H,1-3H3,(H,15,16)/b7-6+. The van der Waals surface area contributed by atoms with E-state index in [1.807, 2.05) is 44.1 Å². The molecule has 0 spiro atoms. The molecule has 0 saturated carbocycles. The van der Waals surface area contributed by atoms with Crippen LogP contribution in [0.15, 0.2) is 30.5 Å². The van der Waals surface area contributed by atoms with Gasteiger partial charge < -0.3 is 15.3 Å². The number of hydrogen-bond acceptors (Lipinski definition) is 3. The minimum absolute atomic E-state index is 0.867. The van der Waals surface area contributed by atoms with E-state index < -0.39 is 5.97 Å². The Labute approximate surface area is 95.2 Å². The summed E-state index contributed by atoms with van der Waals surface area (Å²) in [5, 5.41) is 11.4. The minimum Gasteiger partial charge on any atom is -0.478 e. The lowest BCUT2D eigenvalue weighted by atomic mass is 10.1. The zero-order valence-electron chi connectivity index (χ0n) is 9.69. The molecule has 0 aliphatic heterocycles. The van der Waals surface area contributed by atoms with Crippen molar-refractivity contribution >= 4 is 17.3 Å². The number of nitrogens with one attached hydrogen (secondary N) is 1. The number of benzene rings is 1. The fraction of sp³-hybridized carbons (Fsp3) is 0.250. The van der Waals surface area contributed by atoms with Crippen molar-refractivity contribution in [3.05, 3.63) is 36.0 Å². The summed E-state index contributed by atoms with van der Waals surface area (Å²) in [7, 11) is 3.94. The van der Waals surface area contributed by atoms with E-state index in [-0.39, 0.29) is 0 Å². The van der Waals surface area contributed by atoms with Crippen LogP contribution in [-0.4, -0.2) is 25.2 Å². The maximum absolute atomic E-state index is 10.3. The van der Waals surface area contributed by atoms with Crippen LogP contribution in [0.4, 0.5) is 11.4 Å². The van der Waals surface area contributed by atoms with E-state index in [1.165, 1.54) is 11.8 Å². The summed E-state index contributed by atoms with van der Waals surface area (Å²) >= 11 is 0. The number of aliphatic carboxylic acids is 1. The molecule has 0 heterocycles. The number of anilines is 2. The van der Waals surface area contributed by atoms with Crippen molar-refractivity contribution in [1.82, 2.24) is 0 Å². The molecule has 0 atom stereocenters. The maximum atomic E-state index is 10.3. The van der Waals surface area contributed by atoms with Gasteiger partial charge in [0.05, 0.1) is 0 Å². The Hall–Kier alpha value is -1.97. The van der Waals surface area contributed by atoms with Gasteiger partial charge in [-0.3, -0.25) is 0 Å². The first-order valence-electron chi connectivity index (χ1n) is 4.94. The van der Waals surface area contributed by atoms with Crippen LogP contribution in [0.25, 0.3) is 0 Å². The summed E-state index contributed by atoms with van der Waals surface area (Å²) in [6, 6.07) is 5.88. The van der Waals surface area contributed by atoms with Crippen molar-refractivity contribution < 1.29 is 9.90 Å². The van der Waals surface area contributed by atoms with Gasteiger partial charge in [-0.05, 0) is 24.6 Å². The van der Waals surface area contributed by atoms with Gasteiger partial charge in [0.2, 0.25) is 0 Å². The predicted octanol–water partition coefficient (Wildman–Crippen LogP) is 2.07. The van der Waals surface area contributed by atoms with Crippen molar-refractivity contribution in [3.63, 3.8) is 0 Å². The Morgan fingerprint density at radius 3 is 2.69 bits per heavy atom. The van der Waals surface area contributed by atoms with E-state index in [2.05, 4.69) is 5.32 Å². The second kappa shape index (κ2) is 5.21. The third kappa shape index (κ3) is 3.31. The fourth-order valence-electron chi connectivity index (χ4n) is 1.39. The molecule has 0 aromatic heterocycles. The van der Waals surface area contributed by atoms with Crippen molar-refractivity contribution in [2.75, 3.05) is 24.3 Å². The van der Waals surface area contributed by atoms with Crippen LogP contribution in [0.5, 0.6) is 0 Å². The summed E-state index contributed by atoms with van der Waals surface area (Å²) in [5.74, 6) is -0.965. The van der Waals surface area contributed by atoms with Gasteiger partial charge in [0, 0.05) is 37.7 Å². The molecular weight excluding hydrogens is 204 g/mol. The largest absolute Gasteiger partial charge is 0.478 e. The Morgan fingerprint density at radius 1 is 1.44 bits per heavy atom. The Morgan fingerprint density at radius 2 is 2.12 bits per heavy atom. The molecule has 4 nitrogen and oxygen atoms in total. The topological polar surface area (TPSA) is 52.6 Å². The average molecular weight is 220 g/mol. The lowest BCUT2D eigenvalue weighted by molar-refractivity contribution is -0.131. The van der Waals surface area contributed by atoms with Crippen LogP contribution in [0.3, 0.4) is 0 Å². The molecule has 1 aromatic carbocycles. The molecule has 0 radical (unpaired) electrons. The number of carboxylic acids is 1. The Bertz CT molecular complexity index is 411. The predicted molar refractivity (Wildman–Crippen MR) is 65.9 cm³/mol. The molecule has 1 rings (SSSR count). The molecule has 1 aromatic rings. The van der Waals surface area contributed by atoms with Crippen molar-refractivity contribution in [2.24, 2.45) is 0 Å². The van der Waals surface area contributed by atoms with E-state index in [4.69, 9.17) is 5.11 Å². The normalized spacial score (nSPS) is 10.4. The third-order valence-corrected chi connectivity index (χ3v) is 2.17. The van der Waals surface area contributed by atoms with Gasteiger partial charge >= 0.3 is 5.97 Å². The highest BCUT2D eigenvalue weighted by atomic mass is 16.4. The maximum Gasteiger partial charge on any atom is 0.329 e. The van der Waals surface area contributed by atoms with Crippen molar-refractivity contribution in [1.29, 1.82) is 0 Å². The summed E-state index contributed by atoms with van der Waals surface area (Å²) in [4.78, 5) is 12.3. The highest BCUT2D eigenvalue weighted by Gasteiger charge is 2.01. The van der Waals surface area contributed by atoms with Gasteiger partial charge in [-0.25, -0.2) is 4.79 Å². The average Bonchev–Trinajstić information content (AvgIpc) is 2.19. The van der Waals surface area contributed by atoms with Gasteiger partial charge in [0.15, 0.2) is 0 Å². The van der Waals surface area contributed by atoms with Gasteiger partial charge in [0.25, 0.3) is 0 Å². The Balaban J connectivity index is 2.83. The van der Waals surface area contributed by atoms with E-state index >= 15 is 0 Å². The third-order valence-electron chi connectivity index (χ3n) is 2.17. The molecule has 2 N–H and O–H groups in total. The van der Waals surface area contributed by atoms with Crippen LogP contribution < -0.4 is 10.2 Å². The molecule has 86 valence electrons. The van der Waals surface area contributed by atoms with Gasteiger partial charge in [-0.15, -0.1) is 0 Å². The smallest absolute Gasteiger partial charge is 0.329 e. The van der Waals surface area contributed by atoms with E-state index in [1.54, 1.807) is 0 Å². The Kier molecular flexibility index (Phi) is 3.94.